The zero-order valence-electron chi connectivity index (χ0n) is 12.0. The molecule has 0 saturated heterocycles. The minimum absolute atomic E-state index is 0.220. The maximum atomic E-state index is 11.8. The van der Waals surface area contributed by atoms with E-state index in [9.17, 15) is 9.59 Å². The number of carboxylic acid groups (broad SMARTS) is 1. The summed E-state index contributed by atoms with van der Waals surface area (Å²) in [4.78, 5) is 22.6. The Balaban J connectivity index is 3.02. The largest absolute Gasteiger partial charge is 0.495 e. The zero-order valence-corrected chi connectivity index (χ0v) is 12.0. The Morgan fingerprint density at radius 2 is 1.95 bits per heavy atom. The average Bonchev–Trinajstić information content (AvgIpc) is 2.28. The summed E-state index contributed by atoms with van der Waals surface area (Å²) in [5, 5.41) is 11.4. The molecule has 1 aromatic carbocycles. The molecule has 0 atom stereocenters. The fraction of sp³-hybridized carbons (Fsp3) is 0.429. The lowest BCUT2D eigenvalue weighted by Gasteiger charge is -2.21. The van der Waals surface area contributed by atoms with E-state index in [1.807, 2.05) is 0 Å². The van der Waals surface area contributed by atoms with Crippen LogP contribution in [0.5, 0.6) is 5.75 Å². The van der Waals surface area contributed by atoms with Crippen LogP contribution in [0.2, 0.25) is 0 Å². The van der Waals surface area contributed by atoms with Gasteiger partial charge in [0.15, 0.2) is 0 Å². The van der Waals surface area contributed by atoms with Crippen molar-refractivity contribution in [1.82, 2.24) is 0 Å². The summed E-state index contributed by atoms with van der Waals surface area (Å²) in [6.07, 6.45) is -0.879. The molecule has 1 amide bonds. The van der Waals surface area contributed by atoms with Gasteiger partial charge in [-0.3, -0.25) is 10.1 Å². The highest BCUT2D eigenvalue weighted by Gasteiger charge is 2.19. The van der Waals surface area contributed by atoms with Crippen molar-refractivity contribution < 1.29 is 24.2 Å². The molecule has 6 heteroatoms. The number of nitrogens with one attached hydrogen (secondary N) is 1. The molecule has 0 aliphatic rings. The van der Waals surface area contributed by atoms with Gasteiger partial charge in [0.2, 0.25) is 0 Å². The predicted octanol–water partition coefficient (Wildman–Crippen LogP) is 2.67. The van der Waals surface area contributed by atoms with Gasteiger partial charge < -0.3 is 14.6 Å². The second-order valence-corrected chi connectivity index (χ2v) is 5.19. The van der Waals surface area contributed by atoms with Crippen molar-refractivity contribution in [2.24, 2.45) is 0 Å². The summed E-state index contributed by atoms with van der Waals surface area (Å²) in [5.41, 5.74) is 0.119. The van der Waals surface area contributed by atoms with E-state index >= 15 is 0 Å². The minimum Gasteiger partial charge on any atom is -0.495 e. The number of methoxy groups -OCH3 is 1. The second kappa shape index (κ2) is 6.27. The van der Waals surface area contributed by atoms with Crippen LogP contribution in [-0.4, -0.2) is 29.9 Å². The summed E-state index contributed by atoms with van der Waals surface area (Å²) in [7, 11) is 1.44. The summed E-state index contributed by atoms with van der Waals surface area (Å²) < 4.78 is 10.3. The molecule has 2 N–H and O–H groups in total. The van der Waals surface area contributed by atoms with Gasteiger partial charge in [0.05, 0.1) is 19.2 Å². The number of ether oxygens (including phenoxy) is 2. The first kappa shape index (κ1) is 15.8. The standard InChI is InChI=1S/C14H19NO5/c1-14(2,3)20-13(18)15-12-9(8-11(16)17)6-5-7-10(12)19-4/h5-7H,8H2,1-4H3,(H,15,18)(H,16,17). The van der Waals surface area contributed by atoms with Gasteiger partial charge in [-0.25, -0.2) is 4.79 Å². The lowest BCUT2D eigenvalue weighted by Crippen LogP contribution is -2.27. The fourth-order valence-corrected chi connectivity index (χ4v) is 1.60. The average molecular weight is 281 g/mol. The van der Waals surface area contributed by atoms with Gasteiger partial charge in [-0.1, -0.05) is 12.1 Å². The van der Waals surface area contributed by atoms with Crippen LogP contribution < -0.4 is 10.1 Å². The number of carbonyl (C=O) groups is 2. The Hall–Kier alpha value is -2.24. The monoisotopic (exact) mass is 281 g/mol. The molecule has 0 spiro atoms. The molecule has 1 rings (SSSR count). The lowest BCUT2D eigenvalue weighted by molar-refractivity contribution is -0.136. The van der Waals surface area contributed by atoms with Crippen LogP contribution in [0, 0.1) is 0 Å². The van der Waals surface area contributed by atoms with E-state index in [1.165, 1.54) is 7.11 Å². The van der Waals surface area contributed by atoms with E-state index in [-0.39, 0.29) is 6.42 Å². The molecule has 0 aliphatic carbocycles. The molecule has 0 fully saturated rings. The van der Waals surface area contributed by atoms with Crippen molar-refractivity contribution in [2.75, 3.05) is 12.4 Å². The molecule has 0 saturated carbocycles. The first-order valence-electron chi connectivity index (χ1n) is 6.10. The molecule has 0 aromatic heterocycles. The zero-order chi connectivity index (χ0) is 15.3. The number of amides is 1. The third-order valence-electron chi connectivity index (χ3n) is 2.30. The van der Waals surface area contributed by atoms with Crippen molar-refractivity contribution >= 4 is 17.7 Å². The van der Waals surface area contributed by atoms with Gasteiger partial charge in [0.25, 0.3) is 0 Å². The summed E-state index contributed by atoms with van der Waals surface area (Å²) in [5.74, 6) is -0.611. The van der Waals surface area contributed by atoms with Crippen LogP contribution in [0.25, 0.3) is 0 Å². The van der Waals surface area contributed by atoms with Crippen molar-refractivity contribution in [1.29, 1.82) is 0 Å². The smallest absolute Gasteiger partial charge is 0.412 e. The van der Waals surface area contributed by atoms with Crippen LogP contribution >= 0.6 is 0 Å². The van der Waals surface area contributed by atoms with Gasteiger partial charge in [-0.15, -0.1) is 0 Å². The normalized spacial score (nSPS) is 10.8. The van der Waals surface area contributed by atoms with Crippen LogP contribution in [0.1, 0.15) is 26.3 Å². The Morgan fingerprint density at radius 3 is 2.45 bits per heavy atom. The first-order valence-corrected chi connectivity index (χ1v) is 6.10. The van der Waals surface area contributed by atoms with Crippen molar-refractivity contribution in [3.8, 4) is 5.75 Å². The van der Waals surface area contributed by atoms with Crippen LogP contribution in [0.3, 0.4) is 0 Å². The number of hydrogen-bond acceptors (Lipinski definition) is 4. The Morgan fingerprint density at radius 1 is 1.30 bits per heavy atom. The molecule has 110 valence electrons. The highest BCUT2D eigenvalue weighted by Crippen LogP contribution is 2.29. The summed E-state index contributed by atoms with van der Waals surface area (Å²) in [6.45, 7) is 5.23. The van der Waals surface area contributed by atoms with E-state index in [4.69, 9.17) is 14.6 Å². The third kappa shape index (κ3) is 4.79. The maximum Gasteiger partial charge on any atom is 0.412 e. The van der Waals surface area contributed by atoms with Crippen LogP contribution in [-0.2, 0) is 16.0 Å². The van der Waals surface area contributed by atoms with Gasteiger partial charge in [0, 0.05) is 0 Å². The SMILES string of the molecule is COc1cccc(CC(=O)O)c1NC(=O)OC(C)(C)C. The molecular formula is C14H19NO5. The molecule has 0 bridgehead atoms. The second-order valence-electron chi connectivity index (χ2n) is 5.19. The maximum absolute atomic E-state index is 11.8. The van der Waals surface area contributed by atoms with E-state index in [0.717, 1.165) is 0 Å². The molecule has 0 radical (unpaired) electrons. The van der Waals surface area contributed by atoms with Crippen LogP contribution in [0.15, 0.2) is 18.2 Å². The Bertz CT molecular complexity index is 505. The Kier molecular flexibility index (Phi) is 4.96. The number of hydrogen-bond donors (Lipinski definition) is 2. The van der Waals surface area contributed by atoms with Crippen LogP contribution in [0.4, 0.5) is 10.5 Å². The first-order chi connectivity index (χ1) is 9.23. The number of carboxylic acids is 1. The van der Waals surface area contributed by atoms with E-state index in [0.29, 0.717) is 17.0 Å². The van der Waals surface area contributed by atoms with Crippen molar-refractivity contribution in [3.05, 3.63) is 23.8 Å². The molecule has 20 heavy (non-hydrogen) atoms. The topological polar surface area (TPSA) is 84.9 Å². The molecular weight excluding hydrogens is 262 g/mol. The summed E-state index contributed by atoms with van der Waals surface area (Å²) in [6, 6.07) is 4.92. The minimum atomic E-state index is -0.995. The number of carbonyl (C=O) groups excluding carboxylic acids is 1. The van der Waals surface area contributed by atoms with Gasteiger partial charge in [-0.05, 0) is 32.4 Å². The van der Waals surface area contributed by atoms with E-state index < -0.39 is 17.7 Å². The van der Waals surface area contributed by atoms with Crippen molar-refractivity contribution in [2.45, 2.75) is 32.8 Å². The fourth-order valence-electron chi connectivity index (χ4n) is 1.60. The van der Waals surface area contributed by atoms with Gasteiger partial charge in [-0.2, -0.15) is 0 Å². The quantitative estimate of drug-likeness (QED) is 0.886. The number of aliphatic carboxylic acids is 1. The molecule has 0 heterocycles. The van der Waals surface area contributed by atoms with Crippen molar-refractivity contribution in [3.63, 3.8) is 0 Å². The number of anilines is 1. The molecule has 1 aromatic rings. The lowest BCUT2D eigenvalue weighted by atomic mass is 10.1. The predicted molar refractivity (Wildman–Crippen MR) is 74.2 cm³/mol. The molecule has 0 unspecified atom stereocenters. The van der Waals surface area contributed by atoms with Gasteiger partial charge in [0.1, 0.15) is 11.4 Å². The Labute approximate surface area is 117 Å². The highest BCUT2D eigenvalue weighted by molar-refractivity contribution is 5.89. The van der Waals surface area contributed by atoms with Gasteiger partial charge >= 0.3 is 12.1 Å². The third-order valence-corrected chi connectivity index (χ3v) is 2.30. The summed E-state index contributed by atoms with van der Waals surface area (Å²) >= 11 is 0. The van der Waals surface area contributed by atoms with E-state index in [2.05, 4.69) is 5.32 Å². The number of benzene rings is 1. The number of rotatable bonds is 4. The molecule has 6 nitrogen and oxygen atoms in total. The van der Waals surface area contributed by atoms with E-state index in [1.54, 1.807) is 39.0 Å². The number of para-hydroxylation sites is 1. The molecule has 0 aliphatic heterocycles. The highest BCUT2D eigenvalue weighted by atomic mass is 16.6.